The van der Waals surface area contributed by atoms with Gasteiger partial charge in [-0.05, 0) is 51.9 Å². The fourth-order valence-corrected chi connectivity index (χ4v) is 2.99. The third-order valence-electron chi connectivity index (χ3n) is 3.70. The molecule has 0 aliphatic carbocycles. The number of likely N-dealkylation sites (N-methyl/N-ethyl adjacent to an activating group) is 1. The van der Waals surface area contributed by atoms with Gasteiger partial charge in [0.1, 0.15) is 0 Å². The van der Waals surface area contributed by atoms with Crippen LogP contribution in [-0.2, 0) is 0 Å². The SMILES string of the molecule is CN1CCCN2CC(CCN)CC2C1. The minimum absolute atomic E-state index is 0.819. The molecule has 2 saturated heterocycles. The van der Waals surface area contributed by atoms with E-state index in [1.165, 1.54) is 45.4 Å². The van der Waals surface area contributed by atoms with E-state index in [1.54, 1.807) is 0 Å². The highest BCUT2D eigenvalue weighted by Gasteiger charge is 2.33. The van der Waals surface area contributed by atoms with Crippen molar-refractivity contribution in [2.24, 2.45) is 11.7 Å². The molecule has 0 amide bonds. The van der Waals surface area contributed by atoms with E-state index in [9.17, 15) is 0 Å². The second-order valence-electron chi connectivity index (χ2n) is 4.94. The Kier molecular flexibility index (Phi) is 3.42. The Labute approximate surface area is 87.2 Å². The van der Waals surface area contributed by atoms with Gasteiger partial charge in [0.05, 0.1) is 0 Å². The predicted molar refractivity (Wildman–Crippen MR) is 59.3 cm³/mol. The standard InChI is InChI=1S/C11H23N3/c1-13-5-2-6-14-8-10(3-4-12)7-11(14)9-13/h10-11H,2-9,12H2,1H3. The Balaban J connectivity index is 1.90. The Morgan fingerprint density at radius 2 is 2.14 bits per heavy atom. The van der Waals surface area contributed by atoms with E-state index in [0.29, 0.717) is 0 Å². The van der Waals surface area contributed by atoms with Gasteiger partial charge in [0.15, 0.2) is 0 Å². The summed E-state index contributed by atoms with van der Waals surface area (Å²) in [5.74, 6) is 0.872. The highest BCUT2D eigenvalue weighted by Crippen LogP contribution is 2.27. The molecule has 0 aromatic heterocycles. The minimum atomic E-state index is 0.819. The van der Waals surface area contributed by atoms with E-state index >= 15 is 0 Å². The van der Waals surface area contributed by atoms with Crippen molar-refractivity contribution in [3.8, 4) is 0 Å². The molecule has 2 unspecified atom stereocenters. The fourth-order valence-electron chi connectivity index (χ4n) is 2.99. The number of rotatable bonds is 2. The molecule has 2 N–H and O–H groups in total. The molecule has 3 nitrogen and oxygen atoms in total. The number of hydrogen-bond donors (Lipinski definition) is 1. The van der Waals surface area contributed by atoms with Crippen molar-refractivity contribution >= 4 is 0 Å². The van der Waals surface area contributed by atoms with Gasteiger partial charge >= 0.3 is 0 Å². The first-order chi connectivity index (χ1) is 6.79. The zero-order chi connectivity index (χ0) is 9.97. The maximum atomic E-state index is 5.63. The van der Waals surface area contributed by atoms with Gasteiger partial charge < -0.3 is 10.6 Å². The molecular weight excluding hydrogens is 174 g/mol. The van der Waals surface area contributed by atoms with Gasteiger partial charge in [-0.3, -0.25) is 4.90 Å². The van der Waals surface area contributed by atoms with E-state index in [-0.39, 0.29) is 0 Å². The van der Waals surface area contributed by atoms with Crippen LogP contribution in [0.25, 0.3) is 0 Å². The van der Waals surface area contributed by atoms with Gasteiger partial charge in [-0.2, -0.15) is 0 Å². The van der Waals surface area contributed by atoms with Crippen LogP contribution >= 0.6 is 0 Å². The van der Waals surface area contributed by atoms with Gasteiger partial charge in [0.2, 0.25) is 0 Å². The molecule has 0 saturated carbocycles. The summed E-state index contributed by atoms with van der Waals surface area (Å²) >= 11 is 0. The highest BCUT2D eigenvalue weighted by atomic mass is 15.2. The molecule has 0 bridgehead atoms. The molecule has 2 aliphatic heterocycles. The van der Waals surface area contributed by atoms with Gasteiger partial charge in [-0.15, -0.1) is 0 Å². The maximum Gasteiger partial charge on any atom is 0.0226 e. The van der Waals surface area contributed by atoms with Crippen LogP contribution < -0.4 is 5.73 Å². The van der Waals surface area contributed by atoms with E-state index in [2.05, 4.69) is 16.8 Å². The van der Waals surface area contributed by atoms with Crippen LogP contribution in [0.5, 0.6) is 0 Å². The molecule has 14 heavy (non-hydrogen) atoms. The normalized spacial score (nSPS) is 35.6. The molecule has 82 valence electrons. The molecule has 0 aromatic carbocycles. The van der Waals surface area contributed by atoms with Crippen LogP contribution in [0.2, 0.25) is 0 Å². The molecule has 2 aliphatic rings. The first-order valence-electron chi connectivity index (χ1n) is 5.92. The third-order valence-corrected chi connectivity index (χ3v) is 3.70. The number of hydrogen-bond acceptors (Lipinski definition) is 3. The largest absolute Gasteiger partial charge is 0.330 e. The van der Waals surface area contributed by atoms with E-state index in [1.807, 2.05) is 0 Å². The second-order valence-corrected chi connectivity index (χ2v) is 4.94. The van der Waals surface area contributed by atoms with E-state index < -0.39 is 0 Å². The van der Waals surface area contributed by atoms with Crippen molar-refractivity contribution in [3.63, 3.8) is 0 Å². The van der Waals surface area contributed by atoms with Crippen LogP contribution in [0.4, 0.5) is 0 Å². The van der Waals surface area contributed by atoms with E-state index in [0.717, 1.165) is 18.5 Å². The maximum absolute atomic E-state index is 5.63. The summed E-state index contributed by atoms with van der Waals surface area (Å²) in [4.78, 5) is 5.17. The first kappa shape index (κ1) is 10.4. The molecule has 0 aromatic rings. The quantitative estimate of drug-likeness (QED) is 0.694. The minimum Gasteiger partial charge on any atom is -0.330 e. The summed E-state index contributed by atoms with van der Waals surface area (Å²) in [5.41, 5.74) is 5.63. The lowest BCUT2D eigenvalue weighted by Gasteiger charge is -2.22. The van der Waals surface area contributed by atoms with Crippen molar-refractivity contribution in [3.05, 3.63) is 0 Å². The highest BCUT2D eigenvalue weighted by molar-refractivity contribution is 4.88. The Hall–Kier alpha value is -0.120. The average Bonchev–Trinajstić information content (AvgIpc) is 2.41. The van der Waals surface area contributed by atoms with Gasteiger partial charge in [0, 0.05) is 19.1 Å². The monoisotopic (exact) mass is 197 g/mol. The molecular formula is C11H23N3. The molecule has 2 atom stereocenters. The topological polar surface area (TPSA) is 32.5 Å². The molecule has 2 heterocycles. The summed E-state index contributed by atoms with van der Waals surface area (Å²) in [7, 11) is 2.25. The van der Waals surface area contributed by atoms with Crippen molar-refractivity contribution in [2.45, 2.75) is 25.3 Å². The number of nitrogens with two attached hydrogens (primary N) is 1. The Morgan fingerprint density at radius 3 is 2.93 bits per heavy atom. The summed E-state index contributed by atoms with van der Waals surface area (Å²) in [6.45, 7) is 6.00. The predicted octanol–water partition coefficient (Wildman–Crippen LogP) is 0.361. The number of nitrogens with zero attached hydrogens (tertiary/aromatic N) is 2. The molecule has 2 fully saturated rings. The lowest BCUT2D eigenvalue weighted by atomic mass is 10.0. The lowest BCUT2D eigenvalue weighted by molar-refractivity contribution is 0.240. The second kappa shape index (κ2) is 4.60. The Bertz CT molecular complexity index is 183. The molecule has 3 heteroatoms. The lowest BCUT2D eigenvalue weighted by Crippen LogP contribution is -2.34. The summed E-state index contributed by atoms with van der Waals surface area (Å²) in [6, 6.07) is 0.819. The number of fused-ring (bicyclic) bond motifs is 1. The van der Waals surface area contributed by atoms with E-state index in [4.69, 9.17) is 5.73 Å². The first-order valence-corrected chi connectivity index (χ1v) is 5.92. The molecule has 0 spiro atoms. The van der Waals surface area contributed by atoms with Gasteiger partial charge in [-0.25, -0.2) is 0 Å². The molecule has 0 radical (unpaired) electrons. The summed E-state index contributed by atoms with van der Waals surface area (Å²) < 4.78 is 0. The van der Waals surface area contributed by atoms with Crippen molar-refractivity contribution < 1.29 is 0 Å². The van der Waals surface area contributed by atoms with Crippen molar-refractivity contribution in [2.75, 3.05) is 39.8 Å². The third kappa shape index (κ3) is 2.27. The van der Waals surface area contributed by atoms with Crippen LogP contribution in [0, 0.1) is 5.92 Å². The zero-order valence-electron chi connectivity index (χ0n) is 9.28. The van der Waals surface area contributed by atoms with Gasteiger partial charge in [-0.1, -0.05) is 0 Å². The smallest absolute Gasteiger partial charge is 0.0226 e. The zero-order valence-corrected chi connectivity index (χ0v) is 9.28. The van der Waals surface area contributed by atoms with Crippen LogP contribution in [0.1, 0.15) is 19.3 Å². The Morgan fingerprint density at radius 1 is 1.29 bits per heavy atom. The van der Waals surface area contributed by atoms with Crippen molar-refractivity contribution in [1.29, 1.82) is 0 Å². The summed E-state index contributed by atoms with van der Waals surface area (Å²) in [5, 5.41) is 0. The average molecular weight is 197 g/mol. The van der Waals surface area contributed by atoms with Crippen molar-refractivity contribution in [1.82, 2.24) is 9.80 Å². The summed E-state index contributed by atoms with van der Waals surface area (Å²) in [6.07, 6.45) is 3.93. The van der Waals surface area contributed by atoms with Gasteiger partial charge in [0.25, 0.3) is 0 Å². The van der Waals surface area contributed by atoms with Crippen LogP contribution in [-0.4, -0.2) is 55.6 Å². The fraction of sp³-hybridized carbons (Fsp3) is 1.00. The van der Waals surface area contributed by atoms with Crippen LogP contribution in [0.3, 0.4) is 0 Å². The van der Waals surface area contributed by atoms with Crippen LogP contribution in [0.15, 0.2) is 0 Å². The molecule has 2 rings (SSSR count).